The molecule has 20 heavy (non-hydrogen) atoms. The Morgan fingerprint density at radius 3 is 2.85 bits per heavy atom. The molecule has 9 heteroatoms. The highest BCUT2D eigenvalue weighted by Gasteiger charge is 2.21. The highest BCUT2D eigenvalue weighted by atomic mass is 32.2. The number of nitrogens with zero attached hydrogens (tertiary/aromatic N) is 3. The van der Waals surface area contributed by atoms with Crippen LogP contribution >= 0.6 is 22.9 Å². The molecule has 0 atom stereocenters. The highest BCUT2D eigenvalue weighted by molar-refractivity contribution is 7.91. The van der Waals surface area contributed by atoms with Crippen molar-refractivity contribution in [3.05, 3.63) is 23.3 Å². The van der Waals surface area contributed by atoms with Crippen LogP contribution in [0.1, 0.15) is 12.7 Å². The van der Waals surface area contributed by atoms with E-state index in [9.17, 15) is 8.42 Å². The lowest BCUT2D eigenvalue weighted by Gasteiger charge is -2.15. The fraction of sp³-hybridized carbons (Fsp3) is 0.455. The summed E-state index contributed by atoms with van der Waals surface area (Å²) in [5.74, 6) is 0.803. The summed E-state index contributed by atoms with van der Waals surface area (Å²) >= 11 is 2.52. The maximum atomic E-state index is 12.2. The molecule has 0 radical (unpaired) electrons. The van der Waals surface area contributed by atoms with E-state index in [1.165, 1.54) is 27.2 Å². The number of aryl methyl sites for hydroxylation is 1. The molecule has 2 aromatic rings. The standard InChI is InChI=1S/C11H16N4O2S3/c1-3-9-13-11(19-14-9)12-6-7-15(2)20(16,17)10-5-4-8-18-10/h4-5,8H,3,6-7H2,1-2H3,(H,12,13,14). The molecule has 0 spiro atoms. The predicted molar refractivity (Wildman–Crippen MR) is 81.9 cm³/mol. The third-order valence-corrected chi connectivity index (χ3v) is 6.59. The summed E-state index contributed by atoms with van der Waals surface area (Å²) in [5, 5.41) is 5.57. The second-order valence-corrected chi connectivity index (χ2v) is 8.03. The first-order valence-electron chi connectivity index (χ1n) is 6.10. The van der Waals surface area contributed by atoms with E-state index in [1.807, 2.05) is 6.92 Å². The van der Waals surface area contributed by atoms with E-state index in [4.69, 9.17) is 0 Å². The van der Waals surface area contributed by atoms with Gasteiger partial charge in [-0.15, -0.1) is 11.3 Å². The summed E-state index contributed by atoms with van der Waals surface area (Å²) in [6, 6.07) is 3.35. The van der Waals surface area contributed by atoms with E-state index in [1.54, 1.807) is 24.6 Å². The molecule has 0 aliphatic heterocycles. The Morgan fingerprint density at radius 2 is 2.25 bits per heavy atom. The Hall–Kier alpha value is -1.03. The van der Waals surface area contributed by atoms with Crippen LogP contribution in [0.25, 0.3) is 0 Å². The molecule has 0 aliphatic carbocycles. The summed E-state index contributed by atoms with van der Waals surface area (Å²) in [6.07, 6.45) is 0.796. The molecular weight excluding hydrogens is 316 g/mol. The SMILES string of the molecule is CCc1nsc(NCCN(C)S(=O)(=O)c2cccs2)n1. The van der Waals surface area contributed by atoms with Crippen LogP contribution in [0.3, 0.4) is 0 Å². The molecule has 0 fully saturated rings. The van der Waals surface area contributed by atoms with Gasteiger partial charge in [0.25, 0.3) is 10.0 Å². The highest BCUT2D eigenvalue weighted by Crippen LogP contribution is 2.19. The Morgan fingerprint density at radius 1 is 1.45 bits per heavy atom. The Balaban J connectivity index is 1.88. The molecule has 1 N–H and O–H groups in total. The second kappa shape index (κ2) is 6.61. The quantitative estimate of drug-likeness (QED) is 0.838. The lowest BCUT2D eigenvalue weighted by molar-refractivity contribution is 0.482. The smallest absolute Gasteiger partial charge is 0.252 e. The average Bonchev–Trinajstić information content (AvgIpc) is 3.10. The van der Waals surface area contributed by atoms with Crippen LogP contribution in [-0.2, 0) is 16.4 Å². The van der Waals surface area contributed by atoms with Crippen LogP contribution in [0.5, 0.6) is 0 Å². The van der Waals surface area contributed by atoms with Crippen molar-refractivity contribution in [2.45, 2.75) is 17.6 Å². The summed E-state index contributed by atoms with van der Waals surface area (Å²) in [5.41, 5.74) is 0. The Kier molecular flexibility index (Phi) is 5.08. The first-order valence-corrected chi connectivity index (χ1v) is 9.19. The Bertz CT molecular complexity index is 636. The zero-order chi connectivity index (χ0) is 14.6. The van der Waals surface area contributed by atoms with Crippen molar-refractivity contribution in [3.8, 4) is 0 Å². The monoisotopic (exact) mass is 332 g/mol. The first kappa shape index (κ1) is 15.4. The van der Waals surface area contributed by atoms with Gasteiger partial charge in [-0.2, -0.15) is 8.68 Å². The number of rotatable bonds is 7. The molecule has 110 valence electrons. The van der Waals surface area contributed by atoms with Crippen molar-refractivity contribution in [3.63, 3.8) is 0 Å². The molecule has 0 aliphatic rings. The zero-order valence-electron chi connectivity index (χ0n) is 11.2. The molecule has 0 saturated heterocycles. The van der Waals surface area contributed by atoms with Gasteiger partial charge in [0.1, 0.15) is 10.0 Å². The maximum absolute atomic E-state index is 12.2. The largest absolute Gasteiger partial charge is 0.359 e. The topological polar surface area (TPSA) is 75.2 Å². The number of sulfonamides is 1. The van der Waals surface area contributed by atoms with Crippen molar-refractivity contribution < 1.29 is 8.42 Å². The molecule has 0 aromatic carbocycles. The van der Waals surface area contributed by atoms with Gasteiger partial charge in [0.15, 0.2) is 0 Å². The fourth-order valence-corrected chi connectivity index (χ4v) is 4.52. The molecule has 6 nitrogen and oxygen atoms in total. The summed E-state index contributed by atoms with van der Waals surface area (Å²) < 4.78 is 30.2. The van der Waals surface area contributed by atoms with E-state index in [0.717, 1.165) is 17.4 Å². The molecule has 2 rings (SSSR count). The third-order valence-electron chi connectivity index (χ3n) is 2.65. The second-order valence-electron chi connectivity index (χ2n) is 4.05. The van der Waals surface area contributed by atoms with Gasteiger partial charge in [-0.25, -0.2) is 13.4 Å². The van der Waals surface area contributed by atoms with Gasteiger partial charge in [-0.3, -0.25) is 0 Å². The van der Waals surface area contributed by atoms with E-state index >= 15 is 0 Å². The van der Waals surface area contributed by atoms with Crippen molar-refractivity contribution >= 4 is 38.0 Å². The minimum atomic E-state index is -3.37. The van der Waals surface area contributed by atoms with Gasteiger partial charge in [-0.05, 0) is 11.4 Å². The molecular formula is C11H16N4O2S3. The molecule has 0 unspecified atom stereocenters. The van der Waals surface area contributed by atoms with Crippen molar-refractivity contribution in [2.75, 3.05) is 25.5 Å². The number of anilines is 1. The van der Waals surface area contributed by atoms with Crippen LogP contribution in [-0.4, -0.2) is 42.2 Å². The van der Waals surface area contributed by atoms with Crippen molar-refractivity contribution in [1.29, 1.82) is 0 Å². The van der Waals surface area contributed by atoms with Crippen molar-refractivity contribution in [1.82, 2.24) is 13.7 Å². The van der Waals surface area contributed by atoms with Crippen molar-refractivity contribution in [2.24, 2.45) is 0 Å². The van der Waals surface area contributed by atoms with Gasteiger partial charge in [0, 0.05) is 38.1 Å². The van der Waals surface area contributed by atoms with E-state index in [0.29, 0.717) is 17.3 Å². The lowest BCUT2D eigenvalue weighted by atomic mass is 10.5. The molecule has 2 aromatic heterocycles. The zero-order valence-corrected chi connectivity index (χ0v) is 13.7. The normalized spacial score (nSPS) is 11.9. The Labute approximate surface area is 126 Å². The van der Waals surface area contributed by atoms with Gasteiger partial charge in [0.2, 0.25) is 5.13 Å². The third kappa shape index (κ3) is 3.54. The van der Waals surface area contributed by atoms with Crippen LogP contribution in [0.4, 0.5) is 5.13 Å². The number of thiophene rings is 1. The summed E-state index contributed by atoms with van der Waals surface area (Å²) in [6.45, 7) is 2.87. The molecule has 2 heterocycles. The summed E-state index contributed by atoms with van der Waals surface area (Å²) in [7, 11) is -1.79. The van der Waals surface area contributed by atoms with E-state index in [2.05, 4.69) is 14.7 Å². The fourth-order valence-electron chi connectivity index (χ4n) is 1.47. The van der Waals surface area contributed by atoms with Crippen LogP contribution in [0.15, 0.2) is 21.7 Å². The van der Waals surface area contributed by atoms with E-state index < -0.39 is 10.0 Å². The predicted octanol–water partition coefficient (Wildman–Crippen LogP) is 1.89. The first-order chi connectivity index (χ1) is 9.54. The van der Waals surface area contributed by atoms with Gasteiger partial charge < -0.3 is 5.32 Å². The minimum Gasteiger partial charge on any atom is -0.359 e. The summed E-state index contributed by atoms with van der Waals surface area (Å²) in [4.78, 5) is 4.27. The number of hydrogen-bond acceptors (Lipinski definition) is 7. The van der Waals surface area contributed by atoms with Gasteiger partial charge in [0.05, 0.1) is 0 Å². The van der Waals surface area contributed by atoms with Crippen LogP contribution < -0.4 is 5.32 Å². The molecule has 0 saturated carbocycles. The van der Waals surface area contributed by atoms with Gasteiger partial charge in [-0.1, -0.05) is 13.0 Å². The van der Waals surface area contributed by atoms with Gasteiger partial charge >= 0.3 is 0 Å². The maximum Gasteiger partial charge on any atom is 0.252 e. The van der Waals surface area contributed by atoms with E-state index in [-0.39, 0.29) is 0 Å². The minimum absolute atomic E-state index is 0.365. The average molecular weight is 332 g/mol. The number of nitrogens with one attached hydrogen (secondary N) is 1. The van der Waals surface area contributed by atoms with Crippen LogP contribution in [0, 0.1) is 0 Å². The molecule has 0 amide bonds. The number of aromatic nitrogens is 2. The number of likely N-dealkylation sites (N-methyl/N-ethyl adjacent to an activating group) is 1. The van der Waals surface area contributed by atoms with Crippen LogP contribution in [0.2, 0.25) is 0 Å². The molecule has 0 bridgehead atoms. The lowest BCUT2D eigenvalue weighted by Crippen LogP contribution is -2.31. The number of hydrogen-bond donors (Lipinski definition) is 1.